The van der Waals surface area contributed by atoms with Gasteiger partial charge in [-0.15, -0.1) is 0 Å². The van der Waals surface area contributed by atoms with Crippen molar-refractivity contribution in [3.05, 3.63) is 56.9 Å². The van der Waals surface area contributed by atoms with Crippen molar-refractivity contribution in [1.29, 1.82) is 0 Å². The fourth-order valence-corrected chi connectivity index (χ4v) is 2.65. The summed E-state index contributed by atoms with van der Waals surface area (Å²) in [5, 5.41) is 3.55. The van der Waals surface area contributed by atoms with E-state index in [0.29, 0.717) is 0 Å². The summed E-state index contributed by atoms with van der Waals surface area (Å²) in [6.07, 6.45) is 2.16. The molecular weight excluding hydrogens is 382 g/mol. The van der Waals surface area contributed by atoms with Crippen LogP contribution in [0.3, 0.4) is 0 Å². The molecule has 0 radical (unpaired) electrons. The van der Waals surface area contributed by atoms with Crippen LogP contribution in [0, 0.1) is 0 Å². The summed E-state index contributed by atoms with van der Waals surface area (Å²) in [5.41, 5.74) is 1.45. The van der Waals surface area contributed by atoms with Gasteiger partial charge in [0.15, 0.2) is 4.67 Å². The maximum Gasteiger partial charge on any atom is 0.183 e. The van der Waals surface area contributed by atoms with E-state index >= 15 is 0 Å². The minimum atomic E-state index is 0.0710. The number of rotatable bonds is 6. The van der Waals surface area contributed by atoms with E-state index in [4.69, 9.17) is 4.42 Å². The van der Waals surface area contributed by atoms with Crippen molar-refractivity contribution in [2.75, 3.05) is 0 Å². The molecule has 0 spiro atoms. The number of hydrogen-bond donors (Lipinski definition) is 1. The van der Waals surface area contributed by atoms with Crippen molar-refractivity contribution >= 4 is 31.9 Å². The van der Waals surface area contributed by atoms with Crippen molar-refractivity contribution in [3.8, 4) is 0 Å². The first-order chi connectivity index (χ1) is 9.46. The molecule has 0 amide bonds. The molecule has 20 heavy (non-hydrogen) atoms. The van der Waals surface area contributed by atoms with Crippen LogP contribution in [0.1, 0.15) is 31.6 Å². The highest BCUT2D eigenvalue weighted by atomic mass is 79.9. The molecule has 108 valence electrons. The average Bonchev–Trinajstić information content (AvgIpc) is 2.75. The largest absolute Gasteiger partial charge is 0.452 e. The third-order valence-electron chi connectivity index (χ3n) is 3.32. The molecule has 0 saturated heterocycles. The Morgan fingerprint density at radius 1 is 1.15 bits per heavy atom. The molecule has 0 aliphatic heterocycles. The number of aryl methyl sites for hydroxylation is 1. The molecule has 1 N–H and O–H groups in total. The van der Waals surface area contributed by atoms with Gasteiger partial charge in [0.25, 0.3) is 0 Å². The minimum absolute atomic E-state index is 0.0710. The maximum atomic E-state index is 5.58. The highest BCUT2D eigenvalue weighted by Crippen LogP contribution is 2.27. The van der Waals surface area contributed by atoms with Crippen LogP contribution in [0.25, 0.3) is 0 Å². The Morgan fingerprint density at radius 2 is 1.85 bits per heavy atom. The van der Waals surface area contributed by atoms with Crippen LogP contribution in [0.5, 0.6) is 0 Å². The summed E-state index contributed by atoms with van der Waals surface area (Å²) in [6, 6.07) is 12.6. The van der Waals surface area contributed by atoms with Crippen LogP contribution in [-0.2, 0) is 13.0 Å². The standard InChI is InChI=1S/C16H19Br2NO/c1-16(2,9-8-12-6-4-3-5-7-12)19-11-13-10-14(17)15(18)20-13/h3-7,10,19H,8-9,11H2,1-2H3. The third-order valence-corrected chi connectivity index (χ3v) is 5.03. The summed E-state index contributed by atoms with van der Waals surface area (Å²) in [7, 11) is 0. The summed E-state index contributed by atoms with van der Waals surface area (Å²) < 4.78 is 7.28. The average molecular weight is 401 g/mol. The molecule has 1 heterocycles. The maximum absolute atomic E-state index is 5.58. The fraction of sp³-hybridized carbons (Fsp3) is 0.375. The molecule has 0 aliphatic rings. The van der Waals surface area contributed by atoms with Gasteiger partial charge in [-0.05, 0) is 70.2 Å². The molecule has 0 fully saturated rings. The highest BCUT2D eigenvalue weighted by molar-refractivity contribution is 9.13. The van der Waals surface area contributed by atoms with Gasteiger partial charge in [-0.3, -0.25) is 0 Å². The Bertz CT molecular complexity index is 529. The molecule has 1 aromatic carbocycles. The monoisotopic (exact) mass is 399 g/mol. The van der Waals surface area contributed by atoms with Crippen molar-refractivity contribution in [3.63, 3.8) is 0 Å². The van der Waals surface area contributed by atoms with E-state index in [2.05, 4.69) is 81.4 Å². The Hall–Kier alpha value is -0.580. The van der Waals surface area contributed by atoms with Crippen LogP contribution >= 0.6 is 31.9 Å². The Morgan fingerprint density at radius 3 is 2.45 bits per heavy atom. The number of halogens is 2. The lowest BCUT2D eigenvalue weighted by Gasteiger charge is -2.26. The molecule has 2 aromatic rings. The molecular formula is C16H19Br2NO. The topological polar surface area (TPSA) is 25.2 Å². The molecule has 1 aromatic heterocycles. The van der Waals surface area contributed by atoms with Gasteiger partial charge < -0.3 is 9.73 Å². The van der Waals surface area contributed by atoms with Crippen LogP contribution in [-0.4, -0.2) is 5.54 Å². The van der Waals surface area contributed by atoms with Crippen molar-refractivity contribution < 1.29 is 4.42 Å². The van der Waals surface area contributed by atoms with Gasteiger partial charge >= 0.3 is 0 Å². The fourth-order valence-electron chi connectivity index (χ4n) is 1.99. The lowest BCUT2D eigenvalue weighted by Crippen LogP contribution is -2.39. The molecule has 0 saturated carbocycles. The molecule has 4 heteroatoms. The first kappa shape index (κ1) is 15.8. The number of hydrogen-bond acceptors (Lipinski definition) is 2. The van der Waals surface area contributed by atoms with Gasteiger partial charge in [0, 0.05) is 5.54 Å². The predicted octanol–water partition coefficient (Wildman–Crippen LogP) is 5.31. The van der Waals surface area contributed by atoms with E-state index in [1.165, 1.54) is 5.56 Å². The van der Waals surface area contributed by atoms with Gasteiger partial charge in [-0.25, -0.2) is 0 Å². The lowest BCUT2D eigenvalue weighted by atomic mass is 9.95. The van der Waals surface area contributed by atoms with Gasteiger partial charge in [-0.1, -0.05) is 30.3 Å². The zero-order valence-electron chi connectivity index (χ0n) is 11.7. The van der Waals surface area contributed by atoms with Crippen LogP contribution in [0.15, 0.2) is 50.0 Å². The van der Waals surface area contributed by atoms with Crippen LogP contribution in [0.4, 0.5) is 0 Å². The van der Waals surface area contributed by atoms with Crippen molar-refractivity contribution in [2.24, 2.45) is 0 Å². The zero-order chi connectivity index (χ0) is 14.6. The van der Waals surface area contributed by atoms with Gasteiger partial charge in [0.1, 0.15) is 5.76 Å². The van der Waals surface area contributed by atoms with Gasteiger partial charge in [0.05, 0.1) is 11.0 Å². The van der Waals surface area contributed by atoms with E-state index in [0.717, 1.165) is 34.3 Å². The first-order valence-corrected chi connectivity index (χ1v) is 8.27. The van der Waals surface area contributed by atoms with E-state index < -0.39 is 0 Å². The predicted molar refractivity (Wildman–Crippen MR) is 89.8 cm³/mol. The summed E-state index contributed by atoms with van der Waals surface area (Å²) in [4.78, 5) is 0. The van der Waals surface area contributed by atoms with Crippen molar-refractivity contribution in [2.45, 2.75) is 38.8 Å². The van der Waals surface area contributed by atoms with Crippen LogP contribution < -0.4 is 5.32 Å². The second-order valence-corrected chi connectivity index (χ2v) is 7.13. The summed E-state index contributed by atoms with van der Waals surface area (Å²) in [5.74, 6) is 0.927. The van der Waals surface area contributed by atoms with Crippen LogP contribution in [0.2, 0.25) is 0 Å². The van der Waals surface area contributed by atoms with E-state index in [1.807, 2.05) is 6.07 Å². The summed E-state index contributed by atoms with van der Waals surface area (Å²) >= 11 is 6.79. The smallest absolute Gasteiger partial charge is 0.183 e. The second-order valence-electron chi connectivity index (χ2n) is 5.56. The number of benzene rings is 1. The van der Waals surface area contributed by atoms with E-state index in [1.54, 1.807) is 0 Å². The van der Waals surface area contributed by atoms with E-state index in [-0.39, 0.29) is 5.54 Å². The Balaban J connectivity index is 1.84. The van der Waals surface area contributed by atoms with Gasteiger partial charge in [-0.2, -0.15) is 0 Å². The third kappa shape index (κ3) is 4.76. The molecule has 0 aliphatic carbocycles. The van der Waals surface area contributed by atoms with E-state index in [9.17, 15) is 0 Å². The molecule has 2 nitrogen and oxygen atoms in total. The second kappa shape index (κ2) is 6.92. The number of furan rings is 1. The molecule has 2 rings (SSSR count). The molecule has 0 unspecified atom stereocenters. The normalized spacial score (nSPS) is 11.8. The summed E-state index contributed by atoms with van der Waals surface area (Å²) in [6.45, 7) is 5.18. The lowest BCUT2D eigenvalue weighted by molar-refractivity contribution is 0.338. The molecule has 0 atom stereocenters. The highest BCUT2D eigenvalue weighted by Gasteiger charge is 2.18. The quantitative estimate of drug-likeness (QED) is 0.710. The minimum Gasteiger partial charge on any atom is -0.452 e. The van der Waals surface area contributed by atoms with Crippen molar-refractivity contribution in [1.82, 2.24) is 5.32 Å². The molecule has 0 bridgehead atoms. The SMILES string of the molecule is CC(C)(CCc1ccccc1)NCc1cc(Br)c(Br)o1. The Labute approximate surface area is 137 Å². The first-order valence-electron chi connectivity index (χ1n) is 6.69. The van der Waals surface area contributed by atoms with Gasteiger partial charge in [0.2, 0.25) is 0 Å². The number of nitrogens with one attached hydrogen (secondary N) is 1. The zero-order valence-corrected chi connectivity index (χ0v) is 14.9. The Kier molecular flexibility index (Phi) is 5.47.